The summed E-state index contributed by atoms with van der Waals surface area (Å²) in [6.45, 7) is 4.08. The fourth-order valence-electron chi connectivity index (χ4n) is 3.04. The monoisotopic (exact) mass is 303 g/mol. The van der Waals surface area contributed by atoms with E-state index < -0.39 is 0 Å². The van der Waals surface area contributed by atoms with Gasteiger partial charge in [-0.3, -0.25) is 0 Å². The number of fused-ring (bicyclic) bond motifs is 1. The highest BCUT2D eigenvalue weighted by molar-refractivity contribution is 5.51. The summed E-state index contributed by atoms with van der Waals surface area (Å²) < 4.78 is 0. The van der Waals surface area contributed by atoms with Crippen molar-refractivity contribution in [1.29, 1.82) is 0 Å². The number of hydrogen-bond acceptors (Lipinski definition) is 5. The maximum absolute atomic E-state index is 4.42. The molecule has 1 aliphatic heterocycles. The topological polar surface area (TPSA) is 54.8 Å². The van der Waals surface area contributed by atoms with E-state index in [1.54, 1.807) is 18.5 Å². The van der Waals surface area contributed by atoms with E-state index in [1.165, 1.54) is 16.7 Å². The molecule has 0 saturated heterocycles. The number of anilines is 1. The Hall–Kier alpha value is -2.82. The highest BCUT2D eigenvalue weighted by Crippen LogP contribution is 2.26. The zero-order chi connectivity index (χ0) is 15.6. The summed E-state index contributed by atoms with van der Waals surface area (Å²) in [5, 5.41) is 0. The SMILES string of the molecule is Cc1cccc2c1CCN(c1cnc(-c3ncccn3)nc1)C2. The molecule has 5 heteroatoms. The molecule has 114 valence electrons. The number of rotatable bonds is 2. The minimum atomic E-state index is 0.554. The van der Waals surface area contributed by atoms with E-state index in [-0.39, 0.29) is 0 Å². The van der Waals surface area contributed by atoms with E-state index in [2.05, 4.69) is 50.0 Å². The molecule has 0 amide bonds. The summed E-state index contributed by atoms with van der Waals surface area (Å²) in [5.74, 6) is 1.11. The van der Waals surface area contributed by atoms with E-state index in [1.807, 2.05) is 12.4 Å². The molecule has 0 unspecified atom stereocenters. The molecule has 0 N–H and O–H groups in total. The van der Waals surface area contributed by atoms with Gasteiger partial charge in [0.1, 0.15) is 0 Å². The van der Waals surface area contributed by atoms with Gasteiger partial charge in [0, 0.05) is 25.5 Å². The van der Waals surface area contributed by atoms with Crippen molar-refractivity contribution in [1.82, 2.24) is 19.9 Å². The first-order chi connectivity index (χ1) is 11.3. The molecule has 4 rings (SSSR count). The maximum atomic E-state index is 4.42. The lowest BCUT2D eigenvalue weighted by molar-refractivity contribution is 0.724. The molecule has 5 nitrogen and oxygen atoms in total. The van der Waals surface area contributed by atoms with Crippen molar-refractivity contribution in [2.75, 3.05) is 11.4 Å². The summed E-state index contributed by atoms with van der Waals surface area (Å²) in [5.41, 5.74) is 5.30. The van der Waals surface area contributed by atoms with Gasteiger partial charge < -0.3 is 4.90 Å². The molecule has 1 aromatic carbocycles. The van der Waals surface area contributed by atoms with Crippen molar-refractivity contribution >= 4 is 5.69 Å². The molecule has 0 bridgehead atoms. The summed E-state index contributed by atoms with van der Waals surface area (Å²) in [4.78, 5) is 19.5. The lowest BCUT2D eigenvalue weighted by atomic mass is 9.95. The summed E-state index contributed by atoms with van der Waals surface area (Å²) in [6, 6.07) is 8.31. The maximum Gasteiger partial charge on any atom is 0.197 e. The molecule has 0 spiro atoms. The van der Waals surface area contributed by atoms with Gasteiger partial charge in [0.25, 0.3) is 0 Å². The summed E-state index contributed by atoms with van der Waals surface area (Å²) in [6.07, 6.45) is 8.18. The third-order valence-electron chi connectivity index (χ3n) is 4.27. The van der Waals surface area contributed by atoms with Crippen molar-refractivity contribution in [2.45, 2.75) is 19.9 Å². The molecule has 0 saturated carbocycles. The zero-order valence-electron chi connectivity index (χ0n) is 13.0. The quantitative estimate of drug-likeness (QED) is 0.728. The molecule has 1 aliphatic rings. The van der Waals surface area contributed by atoms with Gasteiger partial charge >= 0.3 is 0 Å². The molecule has 0 fully saturated rings. The van der Waals surface area contributed by atoms with Gasteiger partial charge in [-0.2, -0.15) is 0 Å². The van der Waals surface area contributed by atoms with Crippen LogP contribution >= 0.6 is 0 Å². The largest absolute Gasteiger partial charge is 0.364 e. The number of hydrogen-bond donors (Lipinski definition) is 0. The van der Waals surface area contributed by atoms with Gasteiger partial charge in [-0.25, -0.2) is 19.9 Å². The fraction of sp³-hybridized carbons (Fsp3) is 0.222. The molecule has 0 radical (unpaired) electrons. The third-order valence-corrected chi connectivity index (χ3v) is 4.27. The second-order valence-electron chi connectivity index (χ2n) is 5.72. The molecule has 0 atom stereocenters. The van der Waals surface area contributed by atoms with Crippen LogP contribution in [0, 0.1) is 6.92 Å². The van der Waals surface area contributed by atoms with Gasteiger partial charge in [-0.05, 0) is 36.1 Å². The Morgan fingerprint density at radius 3 is 2.43 bits per heavy atom. The number of aryl methyl sites for hydroxylation is 1. The van der Waals surface area contributed by atoms with E-state index in [0.717, 1.165) is 25.2 Å². The van der Waals surface area contributed by atoms with E-state index in [0.29, 0.717) is 11.6 Å². The zero-order valence-corrected chi connectivity index (χ0v) is 13.0. The van der Waals surface area contributed by atoms with Crippen LogP contribution in [0.2, 0.25) is 0 Å². The number of nitrogens with zero attached hydrogens (tertiary/aromatic N) is 5. The molecule has 3 heterocycles. The van der Waals surface area contributed by atoms with Crippen LogP contribution in [0.1, 0.15) is 16.7 Å². The Morgan fingerprint density at radius 1 is 0.913 bits per heavy atom. The lowest BCUT2D eigenvalue weighted by Crippen LogP contribution is -2.31. The third kappa shape index (κ3) is 2.65. The first kappa shape index (κ1) is 13.8. The minimum Gasteiger partial charge on any atom is -0.364 e. The molecular formula is C18H17N5. The van der Waals surface area contributed by atoms with Gasteiger partial charge in [-0.15, -0.1) is 0 Å². The molecule has 23 heavy (non-hydrogen) atoms. The van der Waals surface area contributed by atoms with E-state index in [9.17, 15) is 0 Å². The van der Waals surface area contributed by atoms with Gasteiger partial charge in [-0.1, -0.05) is 18.2 Å². The average molecular weight is 303 g/mol. The van der Waals surface area contributed by atoms with Crippen molar-refractivity contribution in [3.8, 4) is 11.6 Å². The molecule has 0 aliphatic carbocycles. The van der Waals surface area contributed by atoms with Crippen molar-refractivity contribution in [3.05, 3.63) is 65.7 Å². The van der Waals surface area contributed by atoms with Gasteiger partial charge in [0.2, 0.25) is 0 Å². The van der Waals surface area contributed by atoms with Crippen LogP contribution in [0.3, 0.4) is 0 Å². The van der Waals surface area contributed by atoms with Crippen LogP contribution < -0.4 is 4.90 Å². The Balaban J connectivity index is 1.58. The Bertz CT molecular complexity index is 815. The van der Waals surface area contributed by atoms with E-state index >= 15 is 0 Å². The van der Waals surface area contributed by atoms with Crippen molar-refractivity contribution in [3.63, 3.8) is 0 Å². The lowest BCUT2D eigenvalue weighted by Gasteiger charge is -2.31. The van der Waals surface area contributed by atoms with Gasteiger partial charge in [0.05, 0.1) is 18.1 Å². The Kier molecular flexibility index (Phi) is 3.46. The van der Waals surface area contributed by atoms with E-state index in [4.69, 9.17) is 0 Å². The first-order valence-electron chi connectivity index (χ1n) is 7.73. The number of aromatic nitrogens is 4. The second-order valence-corrected chi connectivity index (χ2v) is 5.72. The highest BCUT2D eigenvalue weighted by atomic mass is 15.2. The number of benzene rings is 1. The van der Waals surface area contributed by atoms with Crippen LogP contribution in [-0.2, 0) is 13.0 Å². The molecule has 2 aromatic heterocycles. The van der Waals surface area contributed by atoms with Crippen molar-refractivity contribution in [2.24, 2.45) is 0 Å². The van der Waals surface area contributed by atoms with Crippen molar-refractivity contribution < 1.29 is 0 Å². The Labute approximate surface area is 135 Å². The van der Waals surface area contributed by atoms with Crippen LogP contribution in [0.25, 0.3) is 11.6 Å². The highest BCUT2D eigenvalue weighted by Gasteiger charge is 2.18. The normalized spacial score (nSPS) is 13.7. The molecule has 3 aromatic rings. The standard InChI is InChI=1S/C18H17N5/c1-13-4-2-5-14-12-23(9-6-16(13)14)15-10-21-18(22-11-15)17-19-7-3-8-20-17/h2-5,7-8,10-11H,6,9,12H2,1H3. The molecular weight excluding hydrogens is 286 g/mol. The average Bonchev–Trinajstić information content (AvgIpc) is 2.63. The van der Waals surface area contributed by atoms with Gasteiger partial charge in [0.15, 0.2) is 11.6 Å². The fourth-order valence-corrected chi connectivity index (χ4v) is 3.04. The minimum absolute atomic E-state index is 0.554. The van der Waals surface area contributed by atoms with Crippen LogP contribution in [0.4, 0.5) is 5.69 Å². The Morgan fingerprint density at radius 2 is 1.65 bits per heavy atom. The first-order valence-corrected chi connectivity index (χ1v) is 7.73. The summed E-state index contributed by atoms with van der Waals surface area (Å²) in [7, 11) is 0. The second kappa shape index (κ2) is 5.76. The van der Waals surface area contributed by atoms with Crippen LogP contribution in [-0.4, -0.2) is 26.5 Å². The summed E-state index contributed by atoms with van der Waals surface area (Å²) >= 11 is 0. The predicted octanol–water partition coefficient (Wildman–Crippen LogP) is 2.80. The van der Waals surface area contributed by atoms with Crippen LogP contribution in [0.15, 0.2) is 49.1 Å². The predicted molar refractivity (Wildman–Crippen MR) is 89.0 cm³/mol. The van der Waals surface area contributed by atoms with Crippen LogP contribution in [0.5, 0.6) is 0 Å². The smallest absolute Gasteiger partial charge is 0.197 e.